The molecule has 0 amide bonds. The summed E-state index contributed by atoms with van der Waals surface area (Å²) in [6, 6.07) is 5.90. The van der Waals surface area contributed by atoms with Crippen LogP contribution in [0.25, 0.3) is 0 Å². The molecule has 4 nitrogen and oxygen atoms in total. The quantitative estimate of drug-likeness (QED) is 0.910. The van der Waals surface area contributed by atoms with Gasteiger partial charge in [0.25, 0.3) is 0 Å². The molecule has 2 aliphatic heterocycles. The molecular weight excluding hydrogens is 266 g/mol. The minimum Gasteiger partial charge on any atom is -0.497 e. The van der Waals surface area contributed by atoms with Crippen LogP contribution >= 0.6 is 0 Å². The molecule has 3 rings (SSSR count). The molecule has 2 aliphatic rings. The summed E-state index contributed by atoms with van der Waals surface area (Å²) in [6.45, 7) is 5.15. The number of ether oxygens (including phenoxy) is 3. The van der Waals surface area contributed by atoms with E-state index < -0.39 is 0 Å². The second kappa shape index (κ2) is 5.50. The highest BCUT2D eigenvalue weighted by molar-refractivity contribution is 5.44. The van der Waals surface area contributed by atoms with Crippen molar-refractivity contribution < 1.29 is 14.2 Å². The van der Waals surface area contributed by atoms with Gasteiger partial charge in [0.05, 0.1) is 19.8 Å². The van der Waals surface area contributed by atoms with Crippen LogP contribution in [-0.2, 0) is 4.74 Å². The summed E-state index contributed by atoms with van der Waals surface area (Å²) in [6.07, 6.45) is 2.93. The SMILES string of the molecule is COc1ccc2c(c1)[C@@H](N)CC1(CCOC(C(C)C)C1)O2. The van der Waals surface area contributed by atoms with Gasteiger partial charge in [0.2, 0.25) is 0 Å². The van der Waals surface area contributed by atoms with Gasteiger partial charge in [-0.25, -0.2) is 0 Å². The summed E-state index contributed by atoms with van der Waals surface area (Å²) in [5.41, 5.74) is 7.30. The maximum Gasteiger partial charge on any atom is 0.125 e. The third kappa shape index (κ3) is 2.74. The zero-order valence-electron chi connectivity index (χ0n) is 13.1. The number of nitrogens with two attached hydrogens (primary N) is 1. The van der Waals surface area contributed by atoms with Crippen molar-refractivity contribution in [2.75, 3.05) is 13.7 Å². The van der Waals surface area contributed by atoms with Crippen LogP contribution in [0.15, 0.2) is 18.2 Å². The van der Waals surface area contributed by atoms with Gasteiger partial charge >= 0.3 is 0 Å². The monoisotopic (exact) mass is 291 g/mol. The molecule has 2 heterocycles. The smallest absolute Gasteiger partial charge is 0.125 e. The molecule has 3 atom stereocenters. The van der Waals surface area contributed by atoms with E-state index in [1.54, 1.807) is 7.11 Å². The van der Waals surface area contributed by atoms with Gasteiger partial charge in [-0.2, -0.15) is 0 Å². The fourth-order valence-corrected chi connectivity index (χ4v) is 3.45. The first-order valence-corrected chi connectivity index (χ1v) is 7.77. The lowest BCUT2D eigenvalue weighted by molar-refractivity contribution is -0.115. The van der Waals surface area contributed by atoms with Crippen molar-refractivity contribution in [3.63, 3.8) is 0 Å². The molecule has 2 unspecified atom stereocenters. The number of rotatable bonds is 2. The average molecular weight is 291 g/mol. The molecule has 1 saturated heterocycles. The highest BCUT2D eigenvalue weighted by atomic mass is 16.5. The summed E-state index contributed by atoms with van der Waals surface area (Å²) in [4.78, 5) is 0. The lowest BCUT2D eigenvalue weighted by Gasteiger charge is -2.46. The lowest BCUT2D eigenvalue weighted by atomic mass is 9.78. The zero-order chi connectivity index (χ0) is 15.0. The predicted molar refractivity (Wildman–Crippen MR) is 81.7 cm³/mol. The van der Waals surface area contributed by atoms with E-state index in [1.807, 2.05) is 18.2 Å². The summed E-state index contributed by atoms with van der Waals surface area (Å²) >= 11 is 0. The van der Waals surface area contributed by atoms with Crippen molar-refractivity contribution in [2.45, 2.75) is 50.9 Å². The van der Waals surface area contributed by atoms with Crippen molar-refractivity contribution >= 4 is 0 Å². The molecule has 1 spiro atoms. The Balaban J connectivity index is 1.87. The van der Waals surface area contributed by atoms with E-state index in [0.717, 1.165) is 42.9 Å². The zero-order valence-corrected chi connectivity index (χ0v) is 13.1. The normalized spacial score (nSPS) is 31.9. The Morgan fingerprint density at radius 1 is 1.33 bits per heavy atom. The number of benzene rings is 1. The molecule has 0 aromatic heterocycles. The van der Waals surface area contributed by atoms with Gasteiger partial charge in [-0.05, 0) is 24.1 Å². The van der Waals surface area contributed by atoms with Crippen LogP contribution in [0, 0.1) is 5.92 Å². The van der Waals surface area contributed by atoms with E-state index in [1.165, 1.54) is 0 Å². The van der Waals surface area contributed by atoms with Crippen LogP contribution in [0.5, 0.6) is 11.5 Å². The van der Waals surface area contributed by atoms with Crippen LogP contribution < -0.4 is 15.2 Å². The van der Waals surface area contributed by atoms with Crippen molar-refractivity contribution in [3.05, 3.63) is 23.8 Å². The summed E-state index contributed by atoms with van der Waals surface area (Å²) in [5, 5.41) is 0. The van der Waals surface area contributed by atoms with Crippen molar-refractivity contribution in [1.82, 2.24) is 0 Å². The molecule has 1 fully saturated rings. The van der Waals surface area contributed by atoms with Crippen LogP contribution in [0.1, 0.15) is 44.7 Å². The molecule has 0 aliphatic carbocycles. The lowest BCUT2D eigenvalue weighted by Crippen LogP contribution is -2.50. The second-order valence-electron chi connectivity index (χ2n) is 6.61. The van der Waals surface area contributed by atoms with Crippen molar-refractivity contribution in [3.8, 4) is 11.5 Å². The van der Waals surface area contributed by atoms with Crippen LogP contribution in [0.2, 0.25) is 0 Å². The average Bonchev–Trinajstić information content (AvgIpc) is 2.47. The van der Waals surface area contributed by atoms with Gasteiger partial charge in [0.15, 0.2) is 0 Å². The molecule has 2 N–H and O–H groups in total. The Morgan fingerprint density at radius 2 is 2.14 bits per heavy atom. The highest BCUT2D eigenvalue weighted by Gasteiger charge is 2.44. The second-order valence-corrected chi connectivity index (χ2v) is 6.61. The largest absolute Gasteiger partial charge is 0.497 e. The Labute approximate surface area is 126 Å². The molecule has 1 aromatic rings. The van der Waals surface area contributed by atoms with E-state index >= 15 is 0 Å². The van der Waals surface area contributed by atoms with Crippen molar-refractivity contribution in [2.24, 2.45) is 11.7 Å². The molecule has 116 valence electrons. The summed E-state index contributed by atoms with van der Waals surface area (Å²) in [7, 11) is 1.67. The third-order valence-electron chi connectivity index (χ3n) is 4.74. The molecule has 1 aromatic carbocycles. The summed E-state index contributed by atoms with van der Waals surface area (Å²) < 4.78 is 17.6. The van der Waals surface area contributed by atoms with Gasteiger partial charge in [0, 0.05) is 30.9 Å². The van der Waals surface area contributed by atoms with Gasteiger partial charge in [0.1, 0.15) is 17.1 Å². The van der Waals surface area contributed by atoms with Gasteiger partial charge < -0.3 is 19.9 Å². The van der Waals surface area contributed by atoms with E-state index in [-0.39, 0.29) is 17.7 Å². The maximum absolute atomic E-state index is 6.42. The standard InChI is InChI=1S/C17H25NO3/c1-11(2)16-10-17(6-7-20-16)9-14(18)13-8-12(19-3)4-5-15(13)21-17/h4-5,8,11,14,16H,6-7,9-10,18H2,1-3H3/t14-,16?,17?/m0/s1. The third-order valence-corrected chi connectivity index (χ3v) is 4.74. The van der Waals surface area contributed by atoms with Crippen molar-refractivity contribution in [1.29, 1.82) is 0 Å². The first kappa shape index (κ1) is 14.7. The maximum atomic E-state index is 6.42. The Kier molecular flexibility index (Phi) is 3.84. The Hall–Kier alpha value is -1.26. The van der Waals surface area contributed by atoms with Crippen LogP contribution in [0.3, 0.4) is 0 Å². The number of hydrogen-bond acceptors (Lipinski definition) is 4. The van der Waals surface area contributed by atoms with Gasteiger partial charge in [-0.15, -0.1) is 0 Å². The Bertz CT molecular complexity index is 517. The molecule has 0 saturated carbocycles. The molecule has 0 bridgehead atoms. The first-order chi connectivity index (χ1) is 10.0. The highest BCUT2D eigenvalue weighted by Crippen LogP contribution is 2.45. The number of methoxy groups -OCH3 is 1. The number of hydrogen-bond donors (Lipinski definition) is 1. The fraction of sp³-hybridized carbons (Fsp3) is 0.647. The van der Waals surface area contributed by atoms with E-state index in [4.69, 9.17) is 19.9 Å². The Morgan fingerprint density at radius 3 is 2.86 bits per heavy atom. The van der Waals surface area contributed by atoms with E-state index in [9.17, 15) is 0 Å². The van der Waals surface area contributed by atoms with E-state index in [0.29, 0.717) is 5.92 Å². The fourth-order valence-electron chi connectivity index (χ4n) is 3.45. The molecule has 21 heavy (non-hydrogen) atoms. The topological polar surface area (TPSA) is 53.7 Å². The van der Waals surface area contributed by atoms with Crippen LogP contribution in [-0.4, -0.2) is 25.4 Å². The van der Waals surface area contributed by atoms with Gasteiger partial charge in [-0.1, -0.05) is 13.8 Å². The van der Waals surface area contributed by atoms with Gasteiger partial charge in [-0.3, -0.25) is 0 Å². The molecule has 0 radical (unpaired) electrons. The number of fused-ring (bicyclic) bond motifs is 1. The molecule has 4 heteroatoms. The molecular formula is C17H25NO3. The first-order valence-electron chi connectivity index (χ1n) is 7.77. The minimum atomic E-state index is -0.172. The predicted octanol–water partition coefficient (Wildman–Crippen LogP) is 3.05. The summed E-state index contributed by atoms with van der Waals surface area (Å²) in [5.74, 6) is 2.23. The van der Waals surface area contributed by atoms with E-state index in [2.05, 4.69) is 13.8 Å². The van der Waals surface area contributed by atoms with Crippen LogP contribution in [0.4, 0.5) is 0 Å². The minimum absolute atomic E-state index is 0.00485.